The van der Waals surface area contributed by atoms with Crippen LogP contribution >= 0.6 is 0 Å². The Labute approximate surface area is 170 Å². The maximum absolute atomic E-state index is 12.7. The van der Waals surface area contributed by atoms with Crippen LogP contribution in [0.4, 0.5) is 17.3 Å². The summed E-state index contributed by atoms with van der Waals surface area (Å²) in [4.78, 5) is 21.4. The lowest BCUT2D eigenvalue weighted by Crippen LogP contribution is -2.15. The molecule has 0 atom stereocenters. The van der Waals surface area contributed by atoms with Gasteiger partial charge in [0.1, 0.15) is 17.2 Å². The SMILES string of the molecule is CCOc1ccc(NC(=O)c2cc(C)nc(Nc3cc(C)ccc3OC)n2)cc1. The smallest absolute Gasteiger partial charge is 0.274 e. The van der Waals surface area contributed by atoms with Crippen LogP contribution in [-0.4, -0.2) is 29.6 Å². The molecule has 0 radical (unpaired) electrons. The minimum absolute atomic E-state index is 0.264. The second-order valence-electron chi connectivity index (χ2n) is 6.46. The summed E-state index contributed by atoms with van der Waals surface area (Å²) < 4.78 is 10.8. The molecular weight excluding hydrogens is 368 g/mol. The lowest BCUT2D eigenvalue weighted by atomic mass is 10.2. The lowest BCUT2D eigenvalue weighted by molar-refractivity contribution is 0.102. The Bertz CT molecular complexity index is 1000. The van der Waals surface area contributed by atoms with E-state index in [1.54, 1.807) is 37.4 Å². The number of carbonyl (C=O) groups excluding carboxylic acids is 1. The quantitative estimate of drug-likeness (QED) is 0.616. The highest BCUT2D eigenvalue weighted by Crippen LogP contribution is 2.27. The second-order valence-corrected chi connectivity index (χ2v) is 6.46. The fraction of sp³-hybridized carbons (Fsp3) is 0.227. The zero-order chi connectivity index (χ0) is 20.8. The number of hydrogen-bond donors (Lipinski definition) is 2. The summed E-state index contributed by atoms with van der Waals surface area (Å²) in [6.45, 7) is 6.31. The first-order valence-corrected chi connectivity index (χ1v) is 9.30. The number of benzene rings is 2. The van der Waals surface area contributed by atoms with Crippen LogP contribution in [0.2, 0.25) is 0 Å². The molecule has 3 rings (SSSR count). The van der Waals surface area contributed by atoms with Gasteiger partial charge in [0, 0.05) is 11.4 Å². The highest BCUT2D eigenvalue weighted by molar-refractivity contribution is 6.03. The van der Waals surface area contributed by atoms with E-state index in [2.05, 4.69) is 20.6 Å². The van der Waals surface area contributed by atoms with E-state index in [9.17, 15) is 4.79 Å². The monoisotopic (exact) mass is 392 g/mol. The first kappa shape index (κ1) is 20.1. The van der Waals surface area contributed by atoms with Crippen molar-refractivity contribution < 1.29 is 14.3 Å². The predicted octanol–water partition coefficient (Wildman–Crippen LogP) is 4.50. The van der Waals surface area contributed by atoms with Crippen LogP contribution in [0, 0.1) is 13.8 Å². The molecule has 0 saturated heterocycles. The molecule has 1 heterocycles. The average molecular weight is 392 g/mol. The predicted molar refractivity (Wildman–Crippen MR) is 113 cm³/mol. The van der Waals surface area contributed by atoms with Crippen LogP contribution < -0.4 is 20.1 Å². The molecule has 1 aromatic heterocycles. The normalized spacial score (nSPS) is 10.3. The van der Waals surface area contributed by atoms with Crippen molar-refractivity contribution in [2.24, 2.45) is 0 Å². The summed E-state index contributed by atoms with van der Waals surface area (Å²) >= 11 is 0. The van der Waals surface area contributed by atoms with Gasteiger partial charge >= 0.3 is 0 Å². The summed E-state index contributed by atoms with van der Waals surface area (Å²) in [5.74, 6) is 1.42. The average Bonchev–Trinajstić information content (AvgIpc) is 2.69. The Morgan fingerprint density at radius 2 is 1.79 bits per heavy atom. The topological polar surface area (TPSA) is 85.4 Å². The first-order valence-electron chi connectivity index (χ1n) is 9.30. The fourth-order valence-electron chi connectivity index (χ4n) is 2.78. The van der Waals surface area contributed by atoms with Crippen LogP contribution in [-0.2, 0) is 0 Å². The zero-order valence-corrected chi connectivity index (χ0v) is 16.9. The van der Waals surface area contributed by atoms with E-state index in [1.807, 2.05) is 39.0 Å². The molecule has 7 nitrogen and oxygen atoms in total. The van der Waals surface area contributed by atoms with Gasteiger partial charge < -0.3 is 20.1 Å². The number of hydrogen-bond acceptors (Lipinski definition) is 6. The Morgan fingerprint density at radius 3 is 2.48 bits per heavy atom. The second kappa shape index (κ2) is 9.05. The molecular formula is C22H24N4O3. The number of methoxy groups -OCH3 is 1. The molecule has 2 aromatic carbocycles. The van der Waals surface area contributed by atoms with E-state index < -0.39 is 0 Å². The zero-order valence-electron chi connectivity index (χ0n) is 16.9. The van der Waals surface area contributed by atoms with Gasteiger partial charge in [0.05, 0.1) is 19.4 Å². The molecule has 0 aliphatic carbocycles. The third-order valence-electron chi connectivity index (χ3n) is 4.11. The molecule has 7 heteroatoms. The van der Waals surface area contributed by atoms with Crippen LogP contribution in [0.3, 0.4) is 0 Å². The van der Waals surface area contributed by atoms with E-state index in [1.165, 1.54) is 0 Å². The van der Waals surface area contributed by atoms with Crippen molar-refractivity contribution in [2.45, 2.75) is 20.8 Å². The maximum atomic E-state index is 12.7. The van der Waals surface area contributed by atoms with Crippen molar-refractivity contribution in [1.82, 2.24) is 9.97 Å². The molecule has 0 saturated carbocycles. The first-order chi connectivity index (χ1) is 14.0. The molecule has 0 bridgehead atoms. The van der Waals surface area contributed by atoms with Crippen molar-refractivity contribution in [3.05, 3.63) is 65.5 Å². The fourth-order valence-corrected chi connectivity index (χ4v) is 2.78. The molecule has 0 fully saturated rings. The van der Waals surface area contributed by atoms with Crippen molar-refractivity contribution in [1.29, 1.82) is 0 Å². The highest BCUT2D eigenvalue weighted by atomic mass is 16.5. The van der Waals surface area contributed by atoms with E-state index in [4.69, 9.17) is 9.47 Å². The molecule has 0 aliphatic heterocycles. The van der Waals surface area contributed by atoms with E-state index in [0.717, 1.165) is 17.0 Å². The molecule has 0 aliphatic rings. The summed E-state index contributed by atoms with van der Waals surface area (Å²) in [7, 11) is 1.60. The van der Waals surface area contributed by atoms with Crippen molar-refractivity contribution in [3.63, 3.8) is 0 Å². The summed E-state index contributed by atoms with van der Waals surface area (Å²) in [6, 6.07) is 14.6. The van der Waals surface area contributed by atoms with Gasteiger partial charge in [-0.2, -0.15) is 0 Å². The highest BCUT2D eigenvalue weighted by Gasteiger charge is 2.13. The molecule has 0 spiro atoms. The largest absolute Gasteiger partial charge is 0.495 e. The number of carbonyl (C=O) groups is 1. The number of nitrogens with zero attached hydrogens (tertiary/aromatic N) is 2. The van der Waals surface area contributed by atoms with Crippen LogP contribution in [0.5, 0.6) is 11.5 Å². The molecule has 150 valence electrons. The Morgan fingerprint density at radius 1 is 1.03 bits per heavy atom. The minimum Gasteiger partial charge on any atom is -0.495 e. The molecule has 3 aromatic rings. The van der Waals surface area contributed by atoms with Gasteiger partial charge in [-0.15, -0.1) is 0 Å². The van der Waals surface area contributed by atoms with Gasteiger partial charge in [-0.05, 0) is 68.8 Å². The van der Waals surface area contributed by atoms with Gasteiger partial charge in [-0.25, -0.2) is 9.97 Å². The van der Waals surface area contributed by atoms with Crippen molar-refractivity contribution in [3.8, 4) is 11.5 Å². The Balaban J connectivity index is 1.79. The van der Waals surface area contributed by atoms with Crippen LogP contribution in [0.15, 0.2) is 48.5 Å². The number of nitrogens with one attached hydrogen (secondary N) is 2. The standard InChI is InChI=1S/C22H24N4O3/c1-5-29-17-9-7-16(8-10-17)24-21(27)19-13-15(3)23-22(26-19)25-18-12-14(2)6-11-20(18)28-4/h6-13H,5H2,1-4H3,(H,24,27)(H,23,25,26). The third-order valence-corrected chi connectivity index (χ3v) is 4.11. The van der Waals surface area contributed by atoms with Gasteiger partial charge in [0.2, 0.25) is 5.95 Å². The molecule has 2 N–H and O–H groups in total. The van der Waals surface area contributed by atoms with Gasteiger partial charge in [-0.3, -0.25) is 4.79 Å². The van der Waals surface area contributed by atoms with E-state index >= 15 is 0 Å². The molecule has 1 amide bonds. The van der Waals surface area contributed by atoms with Crippen molar-refractivity contribution >= 4 is 23.2 Å². The number of anilines is 3. The van der Waals surface area contributed by atoms with Crippen LogP contribution in [0.25, 0.3) is 0 Å². The molecule has 0 unspecified atom stereocenters. The number of aryl methyl sites for hydroxylation is 2. The van der Waals surface area contributed by atoms with Crippen molar-refractivity contribution in [2.75, 3.05) is 24.4 Å². The summed E-state index contributed by atoms with van der Waals surface area (Å²) in [6.07, 6.45) is 0. The van der Waals surface area contributed by atoms with E-state index in [-0.39, 0.29) is 11.6 Å². The number of amides is 1. The number of ether oxygens (including phenoxy) is 2. The third kappa shape index (κ3) is 5.22. The van der Waals surface area contributed by atoms with Gasteiger partial charge in [-0.1, -0.05) is 6.07 Å². The minimum atomic E-state index is -0.320. The van der Waals surface area contributed by atoms with E-state index in [0.29, 0.717) is 29.7 Å². The van der Waals surface area contributed by atoms with Gasteiger partial charge in [0.25, 0.3) is 5.91 Å². The summed E-state index contributed by atoms with van der Waals surface area (Å²) in [5.41, 5.74) is 3.39. The lowest BCUT2D eigenvalue weighted by Gasteiger charge is -2.12. The Kier molecular flexibility index (Phi) is 6.29. The molecule has 29 heavy (non-hydrogen) atoms. The number of aromatic nitrogens is 2. The van der Waals surface area contributed by atoms with Gasteiger partial charge in [0.15, 0.2) is 0 Å². The Hall–Kier alpha value is -3.61. The summed E-state index contributed by atoms with van der Waals surface area (Å²) in [5, 5.41) is 5.98. The number of rotatable bonds is 7. The maximum Gasteiger partial charge on any atom is 0.274 e. The van der Waals surface area contributed by atoms with Crippen LogP contribution in [0.1, 0.15) is 28.7 Å².